The van der Waals surface area contributed by atoms with E-state index in [1.807, 2.05) is 24.4 Å². The minimum absolute atomic E-state index is 0.308. The molecule has 0 spiro atoms. The minimum atomic E-state index is 0.308. The van der Waals surface area contributed by atoms with Gasteiger partial charge in [-0.25, -0.2) is 4.98 Å². The number of aromatic nitrogens is 1. The number of hydrogen-bond donors (Lipinski definition) is 2. The van der Waals surface area contributed by atoms with E-state index in [2.05, 4.69) is 32.4 Å². The summed E-state index contributed by atoms with van der Waals surface area (Å²) in [4.78, 5) is 12.2. The number of methoxy groups -OCH3 is 1. The largest absolute Gasteiger partial charge is 0.495 e. The topological polar surface area (TPSA) is 61.8 Å². The highest BCUT2D eigenvalue weighted by Gasteiger charge is 2.25. The second-order valence-corrected chi connectivity index (χ2v) is 7.94. The molecule has 1 fully saturated rings. The number of aryl methyl sites for hydroxylation is 1. The zero-order valence-corrected chi connectivity index (χ0v) is 16.8. The number of ether oxygens (including phenoxy) is 1. The molecule has 2 N–H and O–H groups in total. The predicted molar refractivity (Wildman–Crippen MR) is 109 cm³/mol. The Bertz CT molecular complexity index is 779. The Labute approximate surface area is 163 Å². The van der Waals surface area contributed by atoms with Crippen molar-refractivity contribution in [3.05, 3.63) is 39.3 Å². The molecule has 0 amide bonds. The van der Waals surface area contributed by atoms with Gasteiger partial charge in [-0.15, -0.1) is 11.3 Å². The third-order valence-corrected chi connectivity index (χ3v) is 5.46. The van der Waals surface area contributed by atoms with Crippen molar-refractivity contribution in [1.82, 2.24) is 15.6 Å². The number of benzene rings is 1. The first-order chi connectivity index (χ1) is 12.6. The maximum atomic E-state index is 6.16. The summed E-state index contributed by atoms with van der Waals surface area (Å²) < 4.78 is 5.48. The third kappa shape index (κ3) is 4.59. The van der Waals surface area contributed by atoms with Gasteiger partial charge in [0.05, 0.1) is 19.3 Å². The Morgan fingerprint density at radius 3 is 3.04 bits per heavy atom. The van der Waals surface area contributed by atoms with Gasteiger partial charge in [-0.1, -0.05) is 11.6 Å². The monoisotopic (exact) mass is 393 g/mol. The van der Waals surface area contributed by atoms with Gasteiger partial charge < -0.3 is 20.3 Å². The lowest BCUT2D eigenvalue weighted by Crippen LogP contribution is -2.44. The molecule has 8 heteroatoms. The second-order valence-electron chi connectivity index (χ2n) is 6.18. The average Bonchev–Trinajstić information content (AvgIpc) is 3.27. The summed E-state index contributed by atoms with van der Waals surface area (Å²) in [7, 11) is 3.47. The van der Waals surface area contributed by atoms with Crippen LogP contribution in [-0.4, -0.2) is 44.2 Å². The lowest BCUT2D eigenvalue weighted by atomic mass is 10.2. The lowest BCUT2D eigenvalue weighted by molar-refractivity contribution is 0.415. The first-order valence-electron chi connectivity index (χ1n) is 8.56. The average molecular weight is 394 g/mol. The SMILES string of the molecule is CN=C(NCc1ncc(C)s1)NC1CCN(c2cc(Cl)ccc2OC)C1. The first kappa shape index (κ1) is 18.8. The van der Waals surface area contributed by atoms with Crippen molar-refractivity contribution in [3.8, 4) is 5.75 Å². The highest BCUT2D eigenvalue weighted by atomic mass is 35.5. The molecule has 1 aromatic heterocycles. The Morgan fingerprint density at radius 1 is 1.50 bits per heavy atom. The van der Waals surface area contributed by atoms with Gasteiger partial charge in [0.2, 0.25) is 0 Å². The van der Waals surface area contributed by atoms with Crippen LogP contribution in [0, 0.1) is 6.92 Å². The van der Waals surface area contributed by atoms with Gasteiger partial charge in [-0.2, -0.15) is 0 Å². The van der Waals surface area contributed by atoms with Gasteiger partial charge in [0.25, 0.3) is 0 Å². The number of rotatable bonds is 5. The van der Waals surface area contributed by atoms with Crippen LogP contribution in [-0.2, 0) is 6.54 Å². The highest BCUT2D eigenvalue weighted by Crippen LogP contribution is 2.33. The Kier molecular flexibility index (Phi) is 6.21. The molecule has 26 heavy (non-hydrogen) atoms. The van der Waals surface area contributed by atoms with E-state index in [4.69, 9.17) is 16.3 Å². The van der Waals surface area contributed by atoms with Gasteiger partial charge in [-0.05, 0) is 31.5 Å². The van der Waals surface area contributed by atoms with E-state index >= 15 is 0 Å². The van der Waals surface area contributed by atoms with Crippen molar-refractivity contribution in [2.45, 2.75) is 25.9 Å². The van der Waals surface area contributed by atoms with Crippen LogP contribution in [0.4, 0.5) is 5.69 Å². The van der Waals surface area contributed by atoms with Crippen molar-refractivity contribution >= 4 is 34.6 Å². The lowest BCUT2D eigenvalue weighted by Gasteiger charge is -2.22. The van der Waals surface area contributed by atoms with Gasteiger partial charge in [-0.3, -0.25) is 4.99 Å². The molecule has 140 valence electrons. The number of thiazole rings is 1. The summed E-state index contributed by atoms with van der Waals surface area (Å²) in [5.74, 6) is 1.64. The van der Waals surface area contributed by atoms with E-state index in [-0.39, 0.29) is 0 Å². The number of hydrogen-bond acceptors (Lipinski definition) is 5. The van der Waals surface area contributed by atoms with Gasteiger partial charge in [0.15, 0.2) is 5.96 Å². The molecule has 1 aliphatic heterocycles. The number of nitrogens with zero attached hydrogens (tertiary/aromatic N) is 3. The fraction of sp³-hybridized carbons (Fsp3) is 0.444. The van der Waals surface area contributed by atoms with Crippen molar-refractivity contribution in [3.63, 3.8) is 0 Å². The van der Waals surface area contributed by atoms with Crippen molar-refractivity contribution < 1.29 is 4.74 Å². The fourth-order valence-corrected chi connectivity index (χ4v) is 3.93. The summed E-state index contributed by atoms with van der Waals surface area (Å²) in [5, 5.41) is 8.60. The van der Waals surface area contributed by atoms with E-state index in [0.29, 0.717) is 17.6 Å². The molecule has 0 bridgehead atoms. The van der Waals surface area contributed by atoms with Crippen molar-refractivity contribution in [2.24, 2.45) is 4.99 Å². The first-order valence-corrected chi connectivity index (χ1v) is 9.75. The van der Waals surface area contributed by atoms with Gasteiger partial charge >= 0.3 is 0 Å². The van der Waals surface area contributed by atoms with Crippen molar-refractivity contribution in [1.29, 1.82) is 0 Å². The summed E-state index contributed by atoms with van der Waals surface area (Å²) in [5.41, 5.74) is 1.03. The second kappa shape index (κ2) is 8.60. The van der Waals surface area contributed by atoms with Crippen LogP contribution in [0.1, 0.15) is 16.3 Å². The molecule has 6 nitrogen and oxygen atoms in total. The minimum Gasteiger partial charge on any atom is -0.495 e. The van der Waals surface area contributed by atoms with Crippen LogP contribution in [0.3, 0.4) is 0 Å². The molecule has 3 rings (SSSR count). The number of nitrogens with one attached hydrogen (secondary N) is 2. The van der Waals surface area contributed by atoms with Crippen LogP contribution in [0.2, 0.25) is 5.02 Å². The molecule has 1 unspecified atom stereocenters. The summed E-state index contributed by atoms with van der Waals surface area (Å²) in [6.07, 6.45) is 2.91. The summed E-state index contributed by atoms with van der Waals surface area (Å²) in [6.45, 7) is 4.55. The van der Waals surface area contributed by atoms with Gasteiger partial charge in [0.1, 0.15) is 10.8 Å². The van der Waals surface area contributed by atoms with Crippen molar-refractivity contribution in [2.75, 3.05) is 32.1 Å². The molecule has 1 saturated heterocycles. The Morgan fingerprint density at radius 2 is 2.35 bits per heavy atom. The van der Waals surface area contributed by atoms with E-state index < -0.39 is 0 Å². The molecule has 1 atom stereocenters. The number of aliphatic imine (C=N–C) groups is 1. The maximum Gasteiger partial charge on any atom is 0.191 e. The predicted octanol–water partition coefficient (Wildman–Crippen LogP) is 3.06. The molecular formula is C18H24ClN5OS. The molecule has 2 heterocycles. The normalized spacial score (nSPS) is 17.5. The molecule has 1 aliphatic rings. The fourth-order valence-electron chi connectivity index (χ4n) is 3.04. The summed E-state index contributed by atoms with van der Waals surface area (Å²) >= 11 is 7.86. The third-order valence-electron chi connectivity index (χ3n) is 4.31. The summed E-state index contributed by atoms with van der Waals surface area (Å²) in [6, 6.07) is 6.03. The number of guanidine groups is 1. The maximum absolute atomic E-state index is 6.16. The molecule has 0 aliphatic carbocycles. The molecule has 0 saturated carbocycles. The van der Waals surface area contributed by atoms with Crippen LogP contribution >= 0.6 is 22.9 Å². The molecular weight excluding hydrogens is 370 g/mol. The Hall–Kier alpha value is -1.99. The van der Waals surface area contributed by atoms with E-state index in [9.17, 15) is 0 Å². The molecule has 0 radical (unpaired) electrons. The van der Waals surface area contributed by atoms with E-state index in [0.717, 1.165) is 41.9 Å². The van der Waals surface area contributed by atoms with Crippen LogP contribution in [0.15, 0.2) is 29.4 Å². The van der Waals surface area contributed by atoms with Gasteiger partial charge in [0, 0.05) is 42.3 Å². The standard InChI is InChI=1S/C18H24ClN5OS/c1-12-9-21-17(26-12)10-22-18(20-2)23-14-6-7-24(11-14)15-8-13(19)4-5-16(15)25-3/h4-5,8-9,14H,6-7,10-11H2,1-3H3,(H2,20,22,23). The van der Waals surface area contributed by atoms with Crippen LogP contribution in [0.5, 0.6) is 5.75 Å². The number of halogens is 1. The van der Waals surface area contributed by atoms with Crippen LogP contribution < -0.4 is 20.3 Å². The van der Waals surface area contributed by atoms with E-state index in [1.165, 1.54) is 4.88 Å². The highest BCUT2D eigenvalue weighted by molar-refractivity contribution is 7.11. The van der Waals surface area contributed by atoms with E-state index in [1.54, 1.807) is 25.5 Å². The zero-order chi connectivity index (χ0) is 18.5. The number of anilines is 1. The molecule has 2 aromatic rings. The Balaban J connectivity index is 1.57. The molecule has 1 aromatic carbocycles. The quantitative estimate of drug-likeness (QED) is 0.603. The smallest absolute Gasteiger partial charge is 0.191 e. The zero-order valence-electron chi connectivity index (χ0n) is 15.3. The van der Waals surface area contributed by atoms with Crippen LogP contribution in [0.25, 0.3) is 0 Å².